The number of benzene rings is 1. The molecule has 0 unspecified atom stereocenters. The summed E-state index contributed by atoms with van der Waals surface area (Å²) in [5, 5.41) is 3.07. The van der Waals surface area contributed by atoms with Gasteiger partial charge in [-0.25, -0.2) is 4.98 Å². The van der Waals surface area contributed by atoms with E-state index in [4.69, 9.17) is 10.2 Å². The Balaban J connectivity index is 1.81. The molecule has 0 bridgehead atoms. The Morgan fingerprint density at radius 2 is 2.35 bits per heavy atom. The fourth-order valence-corrected chi connectivity index (χ4v) is 1.57. The number of fused-ring (bicyclic) bond motifs is 1. The van der Waals surface area contributed by atoms with Crippen LogP contribution in [0, 0.1) is 0 Å². The van der Waals surface area contributed by atoms with Crippen LogP contribution in [-0.2, 0) is 6.54 Å². The summed E-state index contributed by atoms with van der Waals surface area (Å²) >= 11 is 0. The molecule has 3 rings (SSSR count). The summed E-state index contributed by atoms with van der Waals surface area (Å²) in [5.74, 6) is 0. The van der Waals surface area contributed by atoms with Gasteiger partial charge in [-0.15, -0.1) is 0 Å². The largest absolute Gasteiger partial charge is 0.424 e. The zero-order valence-electron chi connectivity index (χ0n) is 8.97. The minimum Gasteiger partial charge on any atom is -0.424 e. The maximum atomic E-state index is 5.67. The van der Waals surface area contributed by atoms with Crippen molar-refractivity contribution in [2.75, 3.05) is 11.1 Å². The number of imidazole rings is 1. The molecule has 0 aliphatic carbocycles. The summed E-state index contributed by atoms with van der Waals surface area (Å²) in [6.07, 6.45) is 3.37. The molecule has 0 atom stereocenters. The van der Waals surface area contributed by atoms with Crippen LogP contribution in [0.5, 0.6) is 0 Å². The van der Waals surface area contributed by atoms with Crippen LogP contribution in [0.3, 0.4) is 0 Å². The van der Waals surface area contributed by atoms with Gasteiger partial charge in [0.25, 0.3) is 6.01 Å². The molecule has 6 heteroatoms. The lowest BCUT2D eigenvalue weighted by molar-refractivity contribution is 0.614. The molecule has 6 nitrogen and oxygen atoms in total. The molecular weight excluding hydrogens is 218 g/mol. The highest BCUT2D eigenvalue weighted by Crippen LogP contribution is 2.21. The van der Waals surface area contributed by atoms with Gasteiger partial charge in [0.05, 0.1) is 18.6 Å². The first kappa shape index (κ1) is 9.71. The van der Waals surface area contributed by atoms with E-state index in [1.165, 1.54) is 0 Å². The molecule has 0 aliphatic rings. The average Bonchev–Trinajstić information content (AvgIpc) is 2.94. The number of hydrogen-bond donors (Lipinski definition) is 3. The molecule has 0 fully saturated rings. The number of nitrogens with one attached hydrogen (secondary N) is 2. The fraction of sp³-hybridized carbons (Fsp3) is 0.0909. The molecule has 0 radical (unpaired) electrons. The molecule has 0 spiro atoms. The predicted molar refractivity (Wildman–Crippen MR) is 64.3 cm³/mol. The third kappa shape index (κ3) is 1.92. The maximum Gasteiger partial charge on any atom is 0.296 e. The summed E-state index contributed by atoms with van der Waals surface area (Å²) in [6, 6.07) is 5.84. The van der Waals surface area contributed by atoms with Crippen molar-refractivity contribution >= 4 is 22.8 Å². The van der Waals surface area contributed by atoms with E-state index in [0.717, 1.165) is 11.2 Å². The van der Waals surface area contributed by atoms with Crippen LogP contribution in [0.25, 0.3) is 11.1 Å². The topological polar surface area (TPSA) is 92.8 Å². The van der Waals surface area contributed by atoms with E-state index in [1.54, 1.807) is 30.7 Å². The van der Waals surface area contributed by atoms with Crippen molar-refractivity contribution in [3.05, 3.63) is 36.4 Å². The third-order valence-corrected chi connectivity index (χ3v) is 2.40. The molecule has 2 heterocycles. The maximum absolute atomic E-state index is 5.67. The smallest absolute Gasteiger partial charge is 0.296 e. The molecule has 0 aliphatic heterocycles. The number of hydrogen-bond acceptors (Lipinski definition) is 5. The van der Waals surface area contributed by atoms with Crippen molar-refractivity contribution < 1.29 is 4.42 Å². The summed E-state index contributed by atoms with van der Waals surface area (Å²) in [5.41, 5.74) is 8.77. The van der Waals surface area contributed by atoms with Gasteiger partial charge in [-0.1, -0.05) is 0 Å². The second-order valence-corrected chi connectivity index (χ2v) is 3.68. The van der Waals surface area contributed by atoms with Crippen LogP contribution < -0.4 is 11.1 Å². The first-order chi connectivity index (χ1) is 8.31. The first-order valence-electron chi connectivity index (χ1n) is 5.18. The van der Waals surface area contributed by atoms with Crippen molar-refractivity contribution in [1.82, 2.24) is 15.0 Å². The molecule has 0 saturated heterocycles. The Morgan fingerprint density at radius 3 is 3.18 bits per heavy atom. The number of nitrogens with zero attached hydrogens (tertiary/aromatic N) is 2. The summed E-state index contributed by atoms with van der Waals surface area (Å²) < 4.78 is 5.51. The Kier molecular flexibility index (Phi) is 2.18. The second kappa shape index (κ2) is 3.82. The van der Waals surface area contributed by atoms with Crippen molar-refractivity contribution in [2.45, 2.75) is 6.54 Å². The number of anilines is 2. The van der Waals surface area contributed by atoms with E-state index < -0.39 is 0 Å². The molecule has 3 aromatic rings. The highest BCUT2D eigenvalue weighted by atomic mass is 16.4. The lowest BCUT2D eigenvalue weighted by Crippen LogP contribution is -1.99. The first-order valence-corrected chi connectivity index (χ1v) is 5.18. The predicted octanol–water partition coefficient (Wildman–Crippen LogP) is 1.75. The number of aromatic nitrogens is 3. The Labute approximate surface area is 96.9 Å². The van der Waals surface area contributed by atoms with E-state index >= 15 is 0 Å². The standard InChI is InChI=1S/C11H11N5O/c12-7-1-2-10-9(3-7)16-11(17-10)14-5-8-4-13-6-15-8/h1-4,6H,5,12H2,(H,13,15)(H,14,16). The Bertz CT molecular complexity index is 628. The monoisotopic (exact) mass is 229 g/mol. The second-order valence-electron chi connectivity index (χ2n) is 3.68. The number of H-pyrrole nitrogens is 1. The van der Waals surface area contributed by atoms with Crippen molar-refractivity contribution in [1.29, 1.82) is 0 Å². The molecular formula is C11H11N5O. The molecule has 86 valence electrons. The molecule has 0 amide bonds. The van der Waals surface area contributed by atoms with Gasteiger partial charge < -0.3 is 20.5 Å². The molecule has 2 aromatic heterocycles. The Morgan fingerprint density at radius 1 is 1.41 bits per heavy atom. The van der Waals surface area contributed by atoms with Gasteiger partial charge in [0.2, 0.25) is 0 Å². The Hall–Kier alpha value is -2.50. The van der Waals surface area contributed by atoms with Gasteiger partial charge in [-0.2, -0.15) is 4.98 Å². The van der Waals surface area contributed by atoms with Crippen LogP contribution in [0.2, 0.25) is 0 Å². The van der Waals surface area contributed by atoms with E-state index in [1.807, 2.05) is 0 Å². The average molecular weight is 229 g/mol. The van der Waals surface area contributed by atoms with Gasteiger partial charge in [0.15, 0.2) is 5.58 Å². The SMILES string of the molecule is Nc1ccc2oc(NCc3cnc[nH]3)nc2c1. The number of nitrogen functional groups attached to an aromatic ring is 1. The van der Waals surface area contributed by atoms with E-state index in [2.05, 4.69) is 20.3 Å². The summed E-state index contributed by atoms with van der Waals surface area (Å²) in [4.78, 5) is 11.2. The van der Waals surface area contributed by atoms with Crippen LogP contribution in [0.15, 0.2) is 35.1 Å². The molecule has 0 saturated carbocycles. The number of aromatic amines is 1. The van der Waals surface area contributed by atoms with Gasteiger partial charge in [0, 0.05) is 11.9 Å². The van der Waals surface area contributed by atoms with Crippen LogP contribution in [0.4, 0.5) is 11.7 Å². The highest BCUT2D eigenvalue weighted by Gasteiger charge is 2.05. The lowest BCUT2D eigenvalue weighted by atomic mass is 10.3. The van der Waals surface area contributed by atoms with E-state index in [0.29, 0.717) is 23.8 Å². The number of nitrogens with two attached hydrogens (primary N) is 1. The number of oxazole rings is 1. The van der Waals surface area contributed by atoms with Gasteiger partial charge in [-0.05, 0) is 18.2 Å². The van der Waals surface area contributed by atoms with Crippen LogP contribution >= 0.6 is 0 Å². The van der Waals surface area contributed by atoms with Gasteiger partial charge in [0.1, 0.15) is 5.52 Å². The normalized spacial score (nSPS) is 10.8. The zero-order valence-corrected chi connectivity index (χ0v) is 8.97. The zero-order chi connectivity index (χ0) is 11.7. The summed E-state index contributed by atoms with van der Waals surface area (Å²) in [7, 11) is 0. The highest BCUT2D eigenvalue weighted by molar-refractivity contribution is 5.78. The van der Waals surface area contributed by atoms with Gasteiger partial charge in [-0.3, -0.25) is 0 Å². The molecule has 4 N–H and O–H groups in total. The summed E-state index contributed by atoms with van der Waals surface area (Å²) in [6.45, 7) is 0.586. The van der Waals surface area contributed by atoms with Crippen LogP contribution in [0.1, 0.15) is 5.69 Å². The van der Waals surface area contributed by atoms with Crippen molar-refractivity contribution in [3.8, 4) is 0 Å². The van der Waals surface area contributed by atoms with Crippen LogP contribution in [-0.4, -0.2) is 15.0 Å². The fourth-order valence-electron chi connectivity index (χ4n) is 1.57. The van der Waals surface area contributed by atoms with E-state index in [9.17, 15) is 0 Å². The minimum absolute atomic E-state index is 0.472. The van der Waals surface area contributed by atoms with Gasteiger partial charge >= 0.3 is 0 Å². The molecule has 1 aromatic carbocycles. The molecule has 17 heavy (non-hydrogen) atoms. The lowest BCUT2D eigenvalue weighted by Gasteiger charge is -1.96. The van der Waals surface area contributed by atoms with Crippen molar-refractivity contribution in [3.63, 3.8) is 0 Å². The minimum atomic E-state index is 0.472. The van der Waals surface area contributed by atoms with E-state index in [-0.39, 0.29) is 0 Å². The quantitative estimate of drug-likeness (QED) is 0.595. The van der Waals surface area contributed by atoms with Crippen molar-refractivity contribution in [2.24, 2.45) is 0 Å². The number of rotatable bonds is 3. The third-order valence-electron chi connectivity index (χ3n) is 2.40.